The predicted octanol–water partition coefficient (Wildman–Crippen LogP) is 1.80. The molecular formula is C11H16O4. The molecule has 0 N–H and O–H groups in total. The number of allylic oxidation sites excluding steroid dienone is 1. The number of carbonyl (C=O) groups is 2. The zero-order valence-electron chi connectivity index (χ0n) is 9.33. The molecule has 0 bridgehead atoms. The van der Waals surface area contributed by atoms with Crippen molar-refractivity contribution in [3.8, 4) is 0 Å². The molecule has 0 aromatic heterocycles. The fourth-order valence-corrected chi connectivity index (χ4v) is 1.37. The van der Waals surface area contributed by atoms with Gasteiger partial charge >= 0.3 is 11.9 Å². The van der Waals surface area contributed by atoms with Crippen LogP contribution in [-0.4, -0.2) is 18.5 Å². The van der Waals surface area contributed by atoms with Crippen LogP contribution in [0.1, 0.15) is 33.6 Å². The van der Waals surface area contributed by atoms with Crippen LogP contribution in [0.2, 0.25) is 0 Å². The van der Waals surface area contributed by atoms with Gasteiger partial charge in [0.15, 0.2) is 0 Å². The Labute approximate surface area is 89.2 Å². The van der Waals surface area contributed by atoms with Gasteiger partial charge in [-0.3, -0.25) is 4.79 Å². The summed E-state index contributed by atoms with van der Waals surface area (Å²) < 4.78 is 9.81. The standard InChI is InChI=1S/C11H16O4/c1-4-14-10(13)7-8-11(2,3)6-5-9(12)15-8/h7H,4-6H2,1-3H3. The number of rotatable bonds is 2. The molecule has 1 fully saturated rings. The zero-order valence-corrected chi connectivity index (χ0v) is 9.33. The first-order valence-corrected chi connectivity index (χ1v) is 5.05. The lowest BCUT2D eigenvalue weighted by Crippen LogP contribution is -2.27. The zero-order chi connectivity index (χ0) is 11.5. The maximum absolute atomic E-state index is 11.2. The monoisotopic (exact) mass is 212 g/mol. The Balaban J connectivity index is 2.80. The molecule has 4 nitrogen and oxygen atoms in total. The fourth-order valence-electron chi connectivity index (χ4n) is 1.37. The van der Waals surface area contributed by atoms with E-state index in [0.29, 0.717) is 25.2 Å². The molecule has 84 valence electrons. The molecule has 1 rings (SSSR count). The molecule has 1 heterocycles. The Morgan fingerprint density at radius 3 is 2.87 bits per heavy atom. The van der Waals surface area contributed by atoms with E-state index in [0.717, 1.165) is 0 Å². The molecule has 0 aromatic carbocycles. The van der Waals surface area contributed by atoms with Gasteiger partial charge in [0, 0.05) is 11.8 Å². The van der Waals surface area contributed by atoms with Crippen LogP contribution in [0.3, 0.4) is 0 Å². The molecule has 1 saturated heterocycles. The number of carbonyl (C=O) groups excluding carboxylic acids is 2. The average Bonchev–Trinajstić information content (AvgIpc) is 2.12. The van der Waals surface area contributed by atoms with E-state index in [1.807, 2.05) is 13.8 Å². The predicted molar refractivity (Wildman–Crippen MR) is 53.8 cm³/mol. The third kappa shape index (κ3) is 3.08. The molecular weight excluding hydrogens is 196 g/mol. The summed E-state index contributed by atoms with van der Waals surface area (Å²) in [6, 6.07) is 0. The van der Waals surface area contributed by atoms with E-state index in [1.165, 1.54) is 6.08 Å². The summed E-state index contributed by atoms with van der Waals surface area (Å²) in [4.78, 5) is 22.3. The Bertz CT molecular complexity index is 302. The van der Waals surface area contributed by atoms with Crippen molar-refractivity contribution in [3.63, 3.8) is 0 Å². The van der Waals surface area contributed by atoms with E-state index in [-0.39, 0.29) is 11.4 Å². The molecule has 4 heteroatoms. The second kappa shape index (κ2) is 4.47. The van der Waals surface area contributed by atoms with Gasteiger partial charge in [0.05, 0.1) is 12.7 Å². The molecule has 0 aliphatic carbocycles. The summed E-state index contributed by atoms with van der Waals surface area (Å²) in [7, 11) is 0. The van der Waals surface area contributed by atoms with Crippen LogP contribution in [0.25, 0.3) is 0 Å². The van der Waals surface area contributed by atoms with Crippen molar-refractivity contribution in [3.05, 3.63) is 11.8 Å². The lowest BCUT2D eigenvalue weighted by Gasteiger charge is -2.30. The van der Waals surface area contributed by atoms with E-state index >= 15 is 0 Å². The van der Waals surface area contributed by atoms with Crippen LogP contribution in [-0.2, 0) is 19.1 Å². The van der Waals surface area contributed by atoms with Crippen molar-refractivity contribution in [2.75, 3.05) is 6.61 Å². The molecule has 0 amide bonds. The van der Waals surface area contributed by atoms with Crippen molar-refractivity contribution >= 4 is 11.9 Å². The summed E-state index contributed by atoms with van der Waals surface area (Å²) >= 11 is 0. The van der Waals surface area contributed by atoms with Gasteiger partial charge in [-0.05, 0) is 13.3 Å². The minimum Gasteiger partial charge on any atom is -0.463 e. The van der Waals surface area contributed by atoms with Crippen LogP contribution in [0.4, 0.5) is 0 Å². The summed E-state index contributed by atoms with van der Waals surface area (Å²) in [5.74, 6) is -0.350. The third-order valence-corrected chi connectivity index (χ3v) is 2.38. The van der Waals surface area contributed by atoms with E-state index < -0.39 is 5.97 Å². The van der Waals surface area contributed by atoms with E-state index in [4.69, 9.17) is 9.47 Å². The van der Waals surface area contributed by atoms with E-state index in [9.17, 15) is 9.59 Å². The van der Waals surface area contributed by atoms with Crippen LogP contribution in [0.5, 0.6) is 0 Å². The van der Waals surface area contributed by atoms with Crippen molar-refractivity contribution in [1.29, 1.82) is 0 Å². The molecule has 0 saturated carbocycles. The minimum absolute atomic E-state index is 0.277. The van der Waals surface area contributed by atoms with Gasteiger partial charge in [-0.25, -0.2) is 4.79 Å². The normalized spacial score (nSPS) is 22.3. The van der Waals surface area contributed by atoms with Gasteiger partial charge in [-0.2, -0.15) is 0 Å². The molecule has 0 spiro atoms. The highest BCUT2D eigenvalue weighted by Crippen LogP contribution is 2.36. The third-order valence-electron chi connectivity index (χ3n) is 2.38. The molecule has 0 radical (unpaired) electrons. The van der Waals surface area contributed by atoms with Crippen molar-refractivity contribution < 1.29 is 19.1 Å². The van der Waals surface area contributed by atoms with Crippen LogP contribution in [0.15, 0.2) is 11.8 Å². The maximum atomic E-state index is 11.2. The quantitative estimate of drug-likeness (QED) is 0.517. The van der Waals surface area contributed by atoms with Crippen molar-refractivity contribution in [1.82, 2.24) is 0 Å². The van der Waals surface area contributed by atoms with Gasteiger partial charge in [0.1, 0.15) is 5.76 Å². The summed E-state index contributed by atoms with van der Waals surface area (Å²) in [6.45, 7) is 5.92. The topological polar surface area (TPSA) is 52.6 Å². The highest BCUT2D eigenvalue weighted by atomic mass is 16.5. The average molecular weight is 212 g/mol. The highest BCUT2D eigenvalue weighted by Gasteiger charge is 2.33. The Kier molecular flexibility index (Phi) is 3.50. The Morgan fingerprint density at radius 2 is 2.27 bits per heavy atom. The van der Waals surface area contributed by atoms with Gasteiger partial charge in [-0.1, -0.05) is 13.8 Å². The molecule has 0 aromatic rings. The summed E-state index contributed by atoms with van der Waals surface area (Å²) in [5, 5.41) is 0. The number of esters is 2. The Hall–Kier alpha value is -1.32. The number of ether oxygens (including phenoxy) is 2. The Morgan fingerprint density at radius 1 is 1.60 bits per heavy atom. The molecule has 1 aliphatic rings. The first kappa shape index (κ1) is 11.8. The lowest BCUT2D eigenvalue weighted by atomic mass is 9.83. The van der Waals surface area contributed by atoms with Crippen LogP contribution >= 0.6 is 0 Å². The smallest absolute Gasteiger partial charge is 0.334 e. The van der Waals surface area contributed by atoms with Crippen molar-refractivity contribution in [2.24, 2.45) is 5.41 Å². The van der Waals surface area contributed by atoms with Gasteiger partial charge in [0.25, 0.3) is 0 Å². The van der Waals surface area contributed by atoms with Gasteiger partial charge in [-0.15, -0.1) is 0 Å². The second-order valence-electron chi connectivity index (χ2n) is 4.12. The largest absolute Gasteiger partial charge is 0.463 e. The SMILES string of the molecule is CCOC(=O)C=C1OC(=O)CCC1(C)C. The highest BCUT2D eigenvalue weighted by molar-refractivity contribution is 5.84. The number of hydrogen-bond acceptors (Lipinski definition) is 4. The van der Waals surface area contributed by atoms with Crippen LogP contribution in [0, 0.1) is 5.41 Å². The van der Waals surface area contributed by atoms with E-state index in [1.54, 1.807) is 6.92 Å². The molecule has 15 heavy (non-hydrogen) atoms. The van der Waals surface area contributed by atoms with Crippen LogP contribution < -0.4 is 0 Å². The van der Waals surface area contributed by atoms with Crippen molar-refractivity contribution in [2.45, 2.75) is 33.6 Å². The van der Waals surface area contributed by atoms with Gasteiger partial charge in [0.2, 0.25) is 0 Å². The molecule has 0 unspecified atom stereocenters. The number of cyclic esters (lactones) is 1. The molecule has 1 aliphatic heterocycles. The molecule has 0 atom stereocenters. The first-order valence-electron chi connectivity index (χ1n) is 5.05. The summed E-state index contributed by atoms with van der Waals surface area (Å²) in [5.41, 5.74) is -0.277. The fraction of sp³-hybridized carbons (Fsp3) is 0.636. The minimum atomic E-state index is -0.463. The second-order valence-corrected chi connectivity index (χ2v) is 4.12. The maximum Gasteiger partial charge on any atom is 0.334 e. The van der Waals surface area contributed by atoms with Gasteiger partial charge < -0.3 is 9.47 Å². The number of hydrogen-bond donors (Lipinski definition) is 0. The van der Waals surface area contributed by atoms with E-state index in [2.05, 4.69) is 0 Å². The first-order chi connectivity index (χ1) is 6.95. The summed E-state index contributed by atoms with van der Waals surface area (Å²) in [6.07, 6.45) is 2.35. The lowest BCUT2D eigenvalue weighted by molar-refractivity contribution is -0.146.